The molecule has 6 nitrogen and oxygen atoms in total. The van der Waals surface area contributed by atoms with Gasteiger partial charge >= 0.3 is 0 Å². The number of nitrogens with zero attached hydrogens (tertiary/aromatic N) is 3. The number of hydrogen-bond acceptors (Lipinski definition) is 4. The van der Waals surface area contributed by atoms with E-state index < -0.39 is 0 Å². The number of aromatic amines is 1. The van der Waals surface area contributed by atoms with Crippen LogP contribution in [0, 0.1) is 6.92 Å². The van der Waals surface area contributed by atoms with Crippen LogP contribution in [0.15, 0.2) is 42.6 Å². The molecule has 3 aromatic rings. The van der Waals surface area contributed by atoms with Crippen molar-refractivity contribution < 1.29 is 4.79 Å². The minimum absolute atomic E-state index is 0.0318. The van der Waals surface area contributed by atoms with Crippen LogP contribution in [0.25, 0.3) is 22.5 Å². The number of pyridine rings is 1. The van der Waals surface area contributed by atoms with Gasteiger partial charge in [0, 0.05) is 42.7 Å². The van der Waals surface area contributed by atoms with Crippen molar-refractivity contribution in [2.45, 2.75) is 6.92 Å². The van der Waals surface area contributed by atoms with Crippen LogP contribution in [0.4, 0.5) is 5.95 Å². The first kappa shape index (κ1) is 15.7. The fourth-order valence-electron chi connectivity index (χ4n) is 2.54. The predicted molar refractivity (Wildman–Crippen MR) is 94.4 cm³/mol. The van der Waals surface area contributed by atoms with Crippen LogP contribution in [-0.4, -0.2) is 39.9 Å². The van der Waals surface area contributed by atoms with Gasteiger partial charge in [0.1, 0.15) is 0 Å². The number of rotatable bonds is 3. The maximum Gasteiger partial charge on any atom is 0.253 e. The lowest BCUT2D eigenvalue weighted by molar-refractivity contribution is 0.0827. The van der Waals surface area contributed by atoms with E-state index in [1.807, 2.05) is 31.2 Å². The molecule has 0 saturated carbocycles. The molecule has 1 aromatic carbocycles. The fourth-order valence-corrected chi connectivity index (χ4v) is 2.54. The van der Waals surface area contributed by atoms with E-state index in [0.717, 1.165) is 28.2 Å². The molecule has 3 rings (SSSR count). The van der Waals surface area contributed by atoms with Crippen molar-refractivity contribution in [1.29, 1.82) is 0 Å². The van der Waals surface area contributed by atoms with E-state index in [4.69, 9.17) is 5.73 Å². The summed E-state index contributed by atoms with van der Waals surface area (Å²) in [5.41, 5.74) is 10.9. The molecule has 24 heavy (non-hydrogen) atoms. The number of aromatic nitrogens is 3. The van der Waals surface area contributed by atoms with Crippen LogP contribution in [0.2, 0.25) is 0 Å². The van der Waals surface area contributed by atoms with Gasteiger partial charge in [-0.15, -0.1) is 0 Å². The summed E-state index contributed by atoms with van der Waals surface area (Å²) in [5, 5.41) is 0. The molecule has 122 valence electrons. The Bertz CT molecular complexity index is 881. The van der Waals surface area contributed by atoms with Crippen molar-refractivity contribution >= 4 is 11.9 Å². The Hall–Kier alpha value is -3.15. The molecule has 0 unspecified atom stereocenters. The van der Waals surface area contributed by atoms with Crippen molar-refractivity contribution in [1.82, 2.24) is 19.9 Å². The zero-order valence-electron chi connectivity index (χ0n) is 13.9. The minimum Gasteiger partial charge on any atom is -0.369 e. The Morgan fingerprint density at radius 2 is 1.83 bits per heavy atom. The number of anilines is 1. The third-order valence-electron chi connectivity index (χ3n) is 3.72. The molecule has 2 aromatic heterocycles. The van der Waals surface area contributed by atoms with Gasteiger partial charge in [0.15, 0.2) is 5.95 Å². The molecule has 0 aliphatic heterocycles. The Kier molecular flexibility index (Phi) is 4.04. The summed E-state index contributed by atoms with van der Waals surface area (Å²) in [7, 11) is 3.46. The number of benzene rings is 1. The van der Waals surface area contributed by atoms with E-state index in [9.17, 15) is 4.79 Å². The number of aryl methyl sites for hydroxylation is 1. The van der Waals surface area contributed by atoms with Gasteiger partial charge in [0.2, 0.25) is 0 Å². The molecule has 2 heterocycles. The highest BCUT2D eigenvalue weighted by Crippen LogP contribution is 2.31. The molecular formula is C18H19N5O. The van der Waals surface area contributed by atoms with Gasteiger partial charge in [-0.05, 0) is 31.2 Å². The summed E-state index contributed by atoms with van der Waals surface area (Å²) in [6, 6.07) is 11.2. The van der Waals surface area contributed by atoms with Gasteiger partial charge in [-0.2, -0.15) is 0 Å². The molecule has 0 aliphatic rings. The van der Waals surface area contributed by atoms with E-state index >= 15 is 0 Å². The standard InChI is InChI=1S/C18H19N5O/c1-11-10-14(8-9-20-11)16-15(21-18(19)22-16)12-4-6-13(7-5-12)17(24)23(2)3/h4-10H,1-3H3,(H3,19,21,22). The number of amides is 1. The summed E-state index contributed by atoms with van der Waals surface area (Å²) in [4.78, 5) is 25.3. The largest absolute Gasteiger partial charge is 0.369 e. The number of hydrogen-bond donors (Lipinski definition) is 2. The maximum atomic E-state index is 12.0. The topological polar surface area (TPSA) is 87.9 Å². The smallest absolute Gasteiger partial charge is 0.253 e. The van der Waals surface area contributed by atoms with Gasteiger partial charge in [0.25, 0.3) is 5.91 Å². The Morgan fingerprint density at radius 3 is 2.46 bits per heavy atom. The van der Waals surface area contributed by atoms with Gasteiger partial charge in [-0.1, -0.05) is 12.1 Å². The van der Waals surface area contributed by atoms with Crippen molar-refractivity contribution in [2.24, 2.45) is 0 Å². The molecule has 0 aliphatic carbocycles. The minimum atomic E-state index is -0.0318. The van der Waals surface area contributed by atoms with Gasteiger partial charge in [-0.3, -0.25) is 9.78 Å². The number of H-pyrrole nitrogens is 1. The fraction of sp³-hybridized carbons (Fsp3) is 0.167. The average Bonchev–Trinajstić information content (AvgIpc) is 2.96. The van der Waals surface area contributed by atoms with Crippen LogP contribution in [-0.2, 0) is 0 Å². The lowest BCUT2D eigenvalue weighted by atomic mass is 10.0. The lowest BCUT2D eigenvalue weighted by Gasteiger charge is -2.10. The van der Waals surface area contributed by atoms with Crippen LogP contribution in [0.1, 0.15) is 16.1 Å². The van der Waals surface area contributed by atoms with E-state index in [1.165, 1.54) is 0 Å². The predicted octanol–water partition coefficient (Wildman–Crippen LogP) is 2.73. The SMILES string of the molecule is Cc1cc(-c2nc(N)[nH]c2-c2ccc(C(=O)N(C)C)cc2)ccn1. The van der Waals surface area contributed by atoms with E-state index in [0.29, 0.717) is 11.5 Å². The third-order valence-corrected chi connectivity index (χ3v) is 3.72. The first-order valence-electron chi connectivity index (χ1n) is 7.56. The molecule has 0 radical (unpaired) electrons. The van der Waals surface area contributed by atoms with E-state index in [1.54, 1.807) is 37.3 Å². The highest BCUT2D eigenvalue weighted by molar-refractivity contribution is 5.94. The first-order valence-corrected chi connectivity index (χ1v) is 7.56. The monoisotopic (exact) mass is 321 g/mol. The average molecular weight is 321 g/mol. The second kappa shape index (κ2) is 6.16. The summed E-state index contributed by atoms with van der Waals surface area (Å²) < 4.78 is 0. The molecule has 0 spiro atoms. The van der Waals surface area contributed by atoms with Crippen molar-refractivity contribution in [2.75, 3.05) is 19.8 Å². The van der Waals surface area contributed by atoms with Crippen LogP contribution >= 0.6 is 0 Å². The van der Waals surface area contributed by atoms with Crippen molar-refractivity contribution in [3.63, 3.8) is 0 Å². The molecule has 6 heteroatoms. The molecule has 0 fully saturated rings. The highest BCUT2D eigenvalue weighted by Gasteiger charge is 2.14. The van der Waals surface area contributed by atoms with E-state index in [2.05, 4.69) is 15.0 Å². The molecule has 0 bridgehead atoms. The normalized spacial score (nSPS) is 10.6. The first-order chi connectivity index (χ1) is 11.5. The number of carbonyl (C=O) groups is 1. The number of nitrogens with two attached hydrogens (primary N) is 1. The molecule has 1 amide bonds. The van der Waals surface area contributed by atoms with Gasteiger partial charge in [-0.25, -0.2) is 4.98 Å². The molecule has 0 saturated heterocycles. The zero-order chi connectivity index (χ0) is 17.3. The molecule has 3 N–H and O–H groups in total. The highest BCUT2D eigenvalue weighted by atomic mass is 16.2. The number of imidazole rings is 1. The number of nitrogens with one attached hydrogen (secondary N) is 1. The summed E-state index contributed by atoms with van der Waals surface area (Å²) >= 11 is 0. The molecule has 0 atom stereocenters. The quantitative estimate of drug-likeness (QED) is 0.776. The van der Waals surface area contributed by atoms with Crippen LogP contribution in [0.5, 0.6) is 0 Å². The Morgan fingerprint density at radius 1 is 1.12 bits per heavy atom. The van der Waals surface area contributed by atoms with Gasteiger partial charge in [0.05, 0.1) is 11.4 Å². The number of carbonyl (C=O) groups excluding carboxylic acids is 1. The number of nitrogen functional groups attached to an aromatic ring is 1. The van der Waals surface area contributed by atoms with Crippen molar-refractivity contribution in [3.8, 4) is 22.5 Å². The summed E-state index contributed by atoms with van der Waals surface area (Å²) in [6.45, 7) is 1.93. The summed E-state index contributed by atoms with van der Waals surface area (Å²) in [5.74, 6) is 0.318. The Balaban J connectivity index is 2.03. The van der Waals surface area contributed by atoms with Crippen LogP contribution in [0.3, 0.4) is 0 Å². The third kappa shape index (κ3) is 2.99. The van der Waals surface area contributed by atoms with Gasteiger partial charge < -0.3 is 15.6 Å². The van der Waals surface area contributed by atoms with Crippen molar-refractivity contribution in [3.05, 3.63) is 53.9 Å². The maximum absolute atomic E-state index is 12.0. The molecular weight excluding hydrogens is 302 g/mol. The second-order valence-electron chi connectivity index (χ2n) is 5.81. The van der Waals surface area contributed by atoms with E-state index in [-0.39, 0.29) is 5.91 Å². The lowest BCUT2D eigenvalue weighted by Crippen LogP contribution is -2.21. The second-order valence-corrected chi connectivity index (χ2v) is 5.81. The van der Waals surface area contributed by atoms with Crippen LogP contribution < -0.4 is 5.73 Å². The Labute approximate surface area is 140 Å². The zero-order valence-corrected chi connectivity index (χ0v) is 13.9. The summed E-state index contributed by atoms with van der Waals surface area (Å²) in [6.07, 6.45) is 1.75.